The first-order valence-corrected chi connectivity index (χ1v) is 9.74. The first-order chi connectivity index (χ1) is 11.1. The molecule has 0 aromatic carbocycles. The van der Waals surface area contributed by atoms with E-state index < -0.39 is 0 Å². The average molecular weight is 351 g/mol. The van der Waals surface area contributed by atoms with Crippen molar-refractivity contribution >= 4 is 29.0 Å². The van der Waals surface area contributed by atoms with E-state index >= 15 is 0 Å². The Labute approximate surface area is 144 Å². The zero-order chi connectivity index (χ0) is 16.2. The van der Waals surface area contributed by atoms with Crippen LogP contribution in [0.1, 0.15) is 39.5 Å². The van der Waals surface area contributed by atoms with Gasteiger partial charge in [0.1, 0.15) is 0 Å². The number of aromatic nitrogens is 2. The smallest absolute Gasteiger partial charge is 0.277 e. The zero-order valence-corrected chi connectivity index (χ0v) is 15.0. The molecule has 1 aliphatic rings. The van der Waals surface area contributed by atoms with Crippen LogP contribution < -0.4 is 5.32 Å². The van der Waals surface area contributed by atoms with Crippen LogP contribution >= 0.6 is 23.1 Å². The maximum Gasteiger partial charge on any atom is 0.277 e. The molecule has 0 saturated heterocycles. The highest BCUT2D eigenvalue weighted by Crippen LogP contribution is 2.31. The molecule has 1 aliphatic carbocycles. The molecular weight excluding hydrogens is 330 g/mol. The van der Waals surface area contributed by atoms with Gasteiger partial charge in [-0.2, -0.15) is 0 Å². The van der Waals surface area contributed by atoms with Crippen LogP contribution in [0.5, 0.6) is 0 Å². The number of nitrogens with one attached hydrogen (secondary N) is 1. The van der Waals surface area contributed by atoms with Crippen molar-refractivity contribution in [1.82, 2.24) is 15.5 Å². The van der Waals surface area contributed by atoms with Gasteiger partial charge >= 0.3 is 0 Å². The fourth-order valence-corrected chi connectivity index (χ4v) is 4.24. The minimum absolute atomic E-state index is 0.0766. The molecule has 2 heterocycles. The van der Waals surface area contributed by atoms with Crippen molar-refractivity contribution in [2.24, 2.45) is 5.92 Å². The van der Waals surface area contributed by atoms with Crippen molar-refractivity contribution in [3.05, 3.63) is 17.5 Å². The van der Waals surface area contributed by atoms with Crippen LogP contribution in [-0.4, -0.2) is 27.4 Å². The fraction of sp³-hybridized carbons (Fsp3) is 0.562. The highest BCUT2D eigenvalue weighted by molar-refractivity contribution is 8.00. The second kappa shape index (κ2) is 7.49. The molecule has 1 atom stereocenters. The number of thiophene rings is 1. The van der Waals surface area contributed by atoms with E-state index in [0.29, 0.717) is 17.2 Å². The number of thioether (sulfide) groups is 1. The van der Waals surface area contributed by atoms with E-state index in [0.717, 1.165) is 17.7 Å². The second-order valence-corrected chi connectivity index (χ2v) is 8.16. The van der Waals surface area contributed by atoms with E-state index in [2.05, 4.69) is 15.5 Å². The van der Waals surface area contributed by atoms with Gasteiger partial charge in [0, 0.05) is 6.04 Å². The van der Waals surface area contributed by atoms with Crippen molar-refractivity contribution in [2.45, 2.75) is 56.0 Å². The Kier molecular flexibility index (Phi) is 5.38. The number of amides is 1. The van der Waals surface area contributed by atoms with E-state index in [1.54, 1.807) is 11.3 Å². The molecule has 124 valence electrons. The number of nitrogens with zero attached hydrogens (tertiary/aromatic N) is 2. The van der Waals surface area contributed by atoms with Gasteiger partial charge in [-0.1, -0.05) is 44.5 Å². The van der Waals surface area contributed by atoms with Crippen molar-refractivity contribution in [3.8, 4) is 10.8 Å². The van der Waals surface area contributed by atoms with Gasteiger partial charge in [0.05, 0.1) is 10.1 Å². The lowest BCUT2D eigenvalue weighted by Gasteiger charge is -2.20. The zero-order valence-electron chi connectivity index (χ0n) is 13.3. The van der Waals surface area contributed by atoms with E-state index in [-0.39, 0.29) is 17.1 Å². The minimum atomic E-state index is -0.216. The summed E-state index contributed by atoms with van der Waals surface area (Å²) in [5.74, 6) is 0.785. The summed E-state index contributed by atoms with van der Waals surface area (Å²) in [5.41, 5.74) is 0. The van der Waals surface area contributed by atoms with Crippen LogP contribution in [0.15, 0.2) is 27.2 Å². The summed E-state index contributed by atoms with van der Waals surface area (Å²) in [6.07, 6.45) is 4.59. The number of carbonyl (C=O) groups excluding carboxylic acids is 1. The van der Waals surface area contributed by atoms with Gasteiger partial charge < -0.3 is 9.73 Å². The predicted molar refractivity (Wildman–Crippen MR) is 92.5 cm³/mol. The Morgan fingerprint density at radius 1 is 1.39 bits per heavy atom. The van der Waals surface area contributed by atoms with E-state index in [9.17, 15) is 4.79 Å². The molecule has 7 heteroatoms. The van der Waals surface area contributed by atoms with Crippen LogP contribution in [-0.2, 0) is 4.79 Å². The Balaban J connectivity index is 1.66. The SMILES string of the molecule is CC(C)C(Sc1nnc(-c2cccs2)o1)C(=O)NC1CCCC1. The molecule has 0 aliphatic heterocycles. The van der Waals surface area contributed by atoms with Crippen LogP contribution in [0.2, 0.25) is 0 Å². The van der Waals surface area contributed by atoms with Crippen LogP contribution in [0, 0.1) is 5.92 Å². The predicted octanol–water partition coefficient (Wildman–Crippen LogP) is 3.97. The van der Waals surface area contributed by atoms with Crippen LogP contribution in [0.25, 0.3) is 10.8 Å². The molecule has 1 saturated carbocycles. The standard InChI is InChI=1S/C16H21N3O2S2/c1-10(2)13(14(20)17-11-6-3-4-7-11)23-16-19-18-15(21-16)12-8-5-9-22-12/h5,8-11,13H,3-4,6-7H2,1-2H3,(H,17,20). The highest BCUT2D eigenvalue weighted by atomic mass is 32.2. The van der Waals surface area contributed by atoms with Crippen molar-refractivity contribution in [1.29, 1.82) is 0 Å². The molecular formula is C16H21N3O2S2. The molecule has 23 heavy (non-hydrogen) atoms. The minimum Gasteiger partial charge on any atom is -0.410 e. The molecule has 0 radical (unpaired) electrons. The second-order valence-electron chi connectivity index (χ2n) is 6.12. The summed E-state index contributed by atoms with van der Waals surface area (Å²) in [4.78, 5) is 13.5. The van der Waals surface area contributed by atoms with Gasteiger partial charge in [0.15, 0.2) is 0 Å². The summed E-state index contributed by atoms with van der Waals surface area (Å²) < 4.78 is 5.70. The summed E-state index contributed by atoms with van der Waals surface area (Å²) >= 11 is 2.92. The third-order valence-electron chi connectivity index (χ3n) is 3.93. The summed E-state index contributed by atoms with van der Waals surface area (Å²) in [6.45, 7) is 4.09. The lowest BCUT2D eigenvalue weighted by molar-refractivity contribution is -0.121. The number of rotatable bonds is 6. The first-order valence-electron chi connectivity index (χ1n) is 7.98. The van der Waals surface area contributed by atoms with Crippen LogP contribution in [0.3, 0.4) is 0 Å². The Bertz CT molecular complexity index is 634. The quantitative estimate of drug-likeness (QED) is 0.798. The van der Waals surface area contributed by atoms with Crippen molar-refractivity contribution < 1.29 is 9.21 Å². The summed E-state index contributed by atoms with van der Waals surface area (Å²) in [7, 11) is 0. The summed E-state index contributed by atoms with van der Waals surface area (Å²) in [5, 5.41) is 13.5. The number of hydrogen-bond donors (Lipinski definition) is 1. The molecule has 1 amide bonds. The maximum absolute atomic E-state index is 12.6. The van der Waals surface area contributed by atoms with Gasteiger partial charge in [-0.3, -0.25) is 4.79 Å². The topological polar surface area (TPSA) is 68.0 Å². The van der Waals surface area contributed by atoms with Crippen LogP contribution in [0.4, 0.5) is 0 Å². The molecule has 5 nitrogen and oxygen atoms in total. The van der Waals surface area contributed by atoms with E-state index in [1.807, 2.05) is 31.4 Å². The maximum atomic E-state index is 12.6. The molecule has 2 aromatic heterocycles. The number of hydrogen-bond acceptors (Lipinski definition) is 6. The van der Waals surface area contributed by atoms with Gasteiger partial charge in [-0.05, 0) is 30.2 Å². The monoisotopic (exact) mass is 351 g/mol. The fourth-order valence-electron chi connectivity index (χ4n) is 2.71. The number of carbonyl (C=O) groups is 1. The third-order valence-corrected chi connectivity index (χ3v) is 6.17. The molecule has 0 bridgehead atoms. The normalized spacial score (nSPS) is 16.8. The first kappa shape index (κ1) is 16.5. The molecule has 2 aromatic rings. The van der Waals surface area contributed by atoms with Gasteiger partial charge in [0.25, 0.3) is 11.1 Å². The molecule has 0 spiro atoms. The van der Waals surface area contributed by atoms with E-state index in [1.165, 1.54) is 24.6 Å². The largest absolute Gasteiger partial charge is 0.410 e. The lowest BCUT2D eigenvalue weighted by atomic mass is 10.1. The van der Waals surface area contributed by atoms with Crippen molar-refractivity contribution in [2.75, 3.05) is 0 Å². The lowest BCUT2D eigenvalue weighted by Crippen LogP contribution is -2.40. The van der Waals surface area contributed by atoms with E-state index in [4.69, 9.17) is 4.42 Å². The summed E-state index contributed by atoms with van der Waals surface area (Å²) in [6, 6.07) is 4.22. The highest BCUT2D eigenvalue weighted by Gasteiger charge is 2.28. The molecule has 1 N–H and O–H groups in total. The Hall–Kier alpha value is -1.34. The molecule has 3 rings (SSSR count). The molecule has 1 fully saturated rings. The van der Waals surface area contributed by atoms with Crippen molar-refractivity contribution in [3.63, 3.8) is 0 Å². The van der Waals surface area contributed by atoms with Gasteiger partial charge in [-0.25, -0.2) is 0 Å². The average Bonchev–Trinajstić information content (AvgIpc) is 3.25. The Morgan fingerprint density at radius 2 is 2.17 bits per heavy atom. The Morgan fingerprint density at radius 3 is 2.83 bits per heavy atom. The third kappa shape index (κ3) is 4.14. The van der Waals surface area contributed by atoms with Gasteiger partial charge in [-0.15, -0.1) is 21.5 Å². The van der Waals surface area contributed by atoms with Gasteiger partial charge in [0.2, 0.25) is 5.91 Å². The molecule has 1 unspecified atom stereocenters.